The molecule has 0 aliphatic rings. The lowest BCUT2D eigenvalue weighted by atomic mass is 10.1. The lowest BCUT2D eigenvalue weighted by molar-refractivity contribution is -0.136. The minimum atomic E-state index is -4.02. The topological polar surface area (TPSA) is 413 Å². The number of rotatable bonds is 45. The molecule has 144 heavy (non-hydrogen) atoms. The van der Waals surface area contributed by atoms with Crippen LogP contribution in [0.4, 0.5) is 0 Å². The smallest absolute Gasteiger partial charge is 0.243 e. The van der Waals surface area contributed by atoms with Crippen LogP contribution in [-0.4, -0.2) is 208 Å². The first-order chi connectivity index (χ1) is 68.3. The maximum atomic E-state index is 14.2. The van der Waals surface area contributed by atoms with Gasteiger partial charge in [-0.3, -0.25) is 43.4 Å². The second-order valence-corrected chi connectivity index (χ2v) is 49.0. The number of nitrogens with zero attached hydrogens (tertiary/aromatic N) is 15. The minimum absolute atomic E-state index is 0.0744. The third-order valence-corrected chi connectivity index (χ3v) is 32.3. The van der Waals surface area contributed by atoms with Crippen molar-refractivity contribution < 1.29 is 70.5 Å². The average Bonchev–Trinajstić information content (AvgIpc) is 1.40. The first kappa shape index (κ1) is 111. The van der Waals surface area contributed by atoms with Crippen LogP contribution in [0.15, 0.2) is 235 Å². The number of likely N-dealkylation sites (N-methyl/N-ethyl adjacent to an activating group) is 1. The molecule has 0 aliphatic carbocycles. The maximum Gasteiger partial charge on any atom is 0.243 e. The molecular formula is C102H130N18O16S8. The Morgan fingerprint density at radius 3 is 1.18 bits per heavy atom. The summed E-state index contributed by atoms with van der Waals surface area (Å²) >= 11 is 5.80. The lowest BCUT2D eigenvalue weighted by Gasteiger charge is -2.32. The van der Waals surface area contributed by atoms with E-state index in [-0.39, 0.29) is 104 Å². The average molecular weight is 2120 g/mol. The molecule has 0 aliphatic heterocycles. The quantitative estimate of drug-likeness (QED) is 0.0319. The normalized spacial score (nSPS) is 13.0. The molecule has 3 N–H and O–H groups in total. The van der Waals surface area contributed by atoms with Gasteiger partial charge in [0.2, 0.25) is 63.7 Å². The van der Waals surface area contributed by atoms with Crippen molar-refractivity contribution in [1.82, 2.24) is 87.5 Å². The first-order valence-electron chi connectivity index (χ1n) is 47.6. The molecular weight excluding hydrogens is 1990 g/mol. The molecule has 0 fully saturated rings. The molecule has 11 heterocycles. The number of hydrogen-bond donors (Lipinski definition) is 3. The van der Waals surface area contributed by atoms with Gasteiger partial charge in [-0.05, 0) is 184 Å². The molecule has 0 bridgehead atoms. The molecule has 4 amide bonds. The zero-order valence-corrected chi connectivity index (χ0v) is 91.0. The number of fused-ring (bicyclic) bond motifs is 4. The molecule has 0 saturated heterocycles. The maximum absolute atomic E-state index is 14.2. The Balaban J connectivity index is 0.000000172. The van der Waals surface area contributed by atoms with Crippen molar-refractivity contribution in [2.24, 2.45) is 49.6 Å². The van der Waals surface area contributed by atoms with Gasteiger partial charge in [0.15, 0.2) is 0 Å². The number of amides is 4. The van der Waals surface area contributed by atoms with Gasteiger partial charge in [0.05, 0.1) is 108 Å². The van der Waals surface area contributed by atoms with Crippen LogP contribution < -0.4 is 14.2 Å². The summed E-state index contributed by atoms with van der Waals surface area (Å²) in [6, 6.07) is 31.1. The molecule has 4 atom stereocenters. The Morgan fingerprint density at radius 2 is 0.799 bits per heavy atom. The zero-order valence-electron chi connectivity index (χ0n) is 84.4. The van der Waals surface area contributed by atoms with Crippen molar-refractivity contribution in [1.29, 1.82) is 0 Å². The minimum Gasteiger partial charge on any atom is -0.464 e. The highest BCUT2D eigenvalue weighted by Gasteiger charge is 2.39. The summed E-state index contributed by atoms with van der Waals surface area (Å²) in [5.41, 5.74) is 14.1. The van der Waals surface area contributed by atoms with Crippen LogP contribution >= 0.6 is 45.3 Å². The van der Waals surface area contributed by atoms with Crippen LogP contribution in [0.2, 0.25) is 0 Å². The van der Waals surface area contributed by atoms with Gasteiger partial charge in [-0.15, -0.1) is 45.3 Å². The Kier molecular flexibility index (Phi) is 39.1. The van der Waals surface area contributed by atoms with E-state index in [9.17, 15) is 52.8 Å². The number of aromatic nitrogens is 9. The Morgan fingerprint density at radius 1 is 0.403 bits per heavy atom. The van der Waals surface area contributed by atoms with E-state index in [0.29, 0.717) is 133 Å². The lowest BCUT2D eigenvalue weighted by Crippen LogP contribution is -2.51. The summed E-state index contributed by atoms with van der Waals surface area (Å²) in [4.78, 5) is 87.2. The monoisotopic (exact) mass is 2120 g/mol. The molecule has 0 spiro atoms. The van der Waals surface area contributed by atoms with Gasteiger partial charge in [0.25, 0.3) is 0 Å². The predicted octanol–water partition coefficient (Wildman–Crippen LogP) is 16.7. The van der Waals surface area contributed by atoms with Crippen LogP contribution in [0.5, 0.6) is 0 Å². The number of furan rings is 4. The number of nitrogens with one attached hydrogen (secondary N) is 3. The summed E-state index contributed by atoms with van der Waals surface area (Å²) in [7, 11) is -10.6. The van der Waals surface area contributed by atoms with Crippen LogP contribution in [-0.2, 0) is 119 Å². The highest BCUT2D eigenvalue weighted by atomic mass is 32.2. The fourth-order valence-corrected chi connectivity index (χ4v) is 23.8. The number of pyridine rings is 1. The first-order valence-corrected chi connectivity index (χ1v) is 57.1. The SMILES string of the molecule is CC(C)CN(CC(C)C)C(=O)[C@H](Cc1ccccn1)NS(=O)(=O)c1ccc2occc2c1.CC(C)CN(Cc1cncs1)C(=O)[C@H](Cc1cscn1)NS(=O)(=O)c1ccc2occc2c1.Cc1cc(CN(CC[C@H](NS(=O)(=O)c2ccc3occc3c2)C(=O)N(CC(C)C)CC(C)C)Cc2cc(C)n(C)n2)nn1C.Cc1nc(CN(CC(C)C)C(=O)[C@H](Cc2cscn2)N(C)S(=O)(=O)c2ccc3occc3c2)cs1. The Hall–Kier alpha value is -11.4. The predicted molar refractivity (Wildman–Crippen MR) is 562 cm³/mol. The molecule has 0 unspecified atom stereocenters. The van der Waals surface area contributed by atoms with E-state index in [1.807, 2.05) is 134 Å². The van der Waals surface area contributed by atoms with E-state index in [4.69, 9.17) is 17.7 Å². The molecule has 34 nitrogen and oxygen atoms in total. The molecule has 0 saturated carbocycles. The van der Waals surface area contributed by atoms with Gasteiger partial charge in [-0.25, -0.2) is 48.6 Å². The summed E-state index contributed by atoms with van der Waals surface area (Å²) in [5, 5.41) is 18.5. The van der Waals surface area contributed by atoms with E-state index in [1.54, 1.807) is 127 Å². The van der Waals surface area contributed by atoms with Crippen molar-refractivity contribution in [2.45, 2.75) is 199 Å². The fraction of sp³-hybridized carbons (Fsp3) is 0.422. The van der Waals surface area contributed by atoms with E-state index in [1.165, 1.54) is 112 Å². The van der Waals surface area contributed by atoms with Crippen LogP contribution in [0.1, 0.15) is 145 Å². The zero-order chi connectivity index (χ0) is 104. The largest absolute Gasteiger partial charge is 0.464 e. The van der Waals surface area contributed by atoms with Gasteiger partial charge in [-0.2, -0.15) is 28.7 Å². The number of carbonyl (C=O) groups excluding carboxylic acids is 4. The van der Waals surface area contributed by atoms with Crippen molar-refractivity contribution in [3.63, 3.8) is 0 Å². The molecule has 11 aromatic heterocycles. The third-order valence-electron chi connectivity index (χ3n) is 23.2. The number of aryl methyl sites for hydroxylation is 5. The van der Waals surface area contributed by atoms with Crippen LogP contribution in [0.3, 0.4) is 0 Å². The highest BCUT2D eigenvalue weighted by Crippen LogP contribution is 2.31. The second-order valence-electron chi connectivity index (χ2n) is 38.3. The fourth-order valence-electron chi connectivity index (χ4n) is 16.4. The van der Waals surface area contributed by atoms with E-state index in [2.05, 4.69) is 81.9 Å². The number of sulfonamides is 4. The molecule has 15 aromatic rings. The van der Waals surface area contributed by atoms with E-state index in [0.717, 1.165) is 38.4 Å². The summed E-state index contributed by atoms with van der Waals surface area (Å²) in [5.74, 6) is 0.358. The van der Waals surface area contributed by atoms with Crippen molar-refractivity contribution in [3.05, 3.63) is 253 Å². The number of benzene rings is 4. The van der Waals surface area contributed by atoms with Gasteiger partial charge in [-0.1, -0.05) is 89.2 Å². The second kappa shape index (κ2) is 50.6. The standard InChI is InChI=1S/C32H47N7O4S.C24H28N4O4S3.C24H31N3O4S.C22H24N4O4S3/c1-22(2)18-39(19-23(3)4)32(40)30(35-44(41,42)29-9-10-31-26(17-29)12-14-43-31)11-13-38(20-27-15-24(5)36(7)33-27)21-28-16-25(6)37(8)34-28;1-16(2)11-28(12-20-14-34-17(3)26-20)24(29)22(10-19-13-33-15-25-19)27(4)35(30,31)21-5-6-23-18(9-21)7-8-32-23;1-17(2)15-27(16-18(3)4)24(28)22(14-20-7-5-6-11-25-20)26-32(29,30)21-8-9-23-19(13-21)10-12-31-23;1-15(2)10-26(11-18-9-23-13-32-18)22(27)20(8-17-12-31-14-24-17)25-33(28,29)19-3-4-21-16(7-19)5-6-30-21/h9-10,12,14-17,22-23,30,35H,11,13,18-21H2,1-8H3;5-9,13-16,22H,10-12H2,1-4H3;5-13,17-18,22,26H,14-16H2,1-4H3;3-7,9,12-15,20,25H,8,10-11H2,1-2H3/t30-;2*22-;20-/m0000/s1. The van der Waals surface area contributed by atoms with Crippen LogP contribution in [0.25, 0.3) is 43.9 Å². The van der Waals surface area contributed by atoms with Crippen molar-refractivity contribution in [2.75, 3.05) is 52.9 Å². The number of hydrogen-bond acceptors (Lipinski definition) is 28. The number of carbonyl (C=O) groups is 4. The van der Waals surface area contributed by atoms with Gasteiger partial charge >= 0.3 is 0 Å². The molecule has 0 radical (unpaired) electrons. The van der Waals surface area contributed by atoms with Gasteiger partial charge < -0.3 is 37.3 Å². The molecule has 772 valence electrons. The van der Waals surface area contributed by atoms with Gasteiger partial charge in [0.1, 0.15) is 46.5 Å². The number of thiazole rings is 4. The van der Waals surface area contributed by atoms with Crippen LogP contribution in [0, 0.1) is 56.3 Å². The summed E-state index contributed by atoms with van der Waals surface area (Å²) < 4.78 is 142. The Labute approximate surface area is 859 Å². The third kappa shape index (κ3) is 31.3. The summed E-state index contributed by atoms with van der Waals surface area (Å²) in [6.07, 6.45) is 10.2. The van der Waals surface area contributed by atoms with E-state index >= 15 is 0 Å². The van der Waals surface area contributed by atoms with Gasteiger partial charge in [0, 0.05) is 171 Å². The summed E-state index contributed by atoms with van der Waals surface area (Å²) in [6.45, 7) is 35.8. The Bertz CT molecular complexity index is 7090. The molecule has 42 heteroatoms. The van der Waals surface area contributed by atoms with Crippen molar-refractivity contribution >= 4 is 153 Å². The molecule has 4 aromatic carbocycles. The highest BCUT2D eigenvalue weighted by molar-refractivity contribution is 7.90. The van der Waals surface area contributed by atoms with Crippen molar-refractivity contribution in [3.8, 4) is 0 Å². The molecule has 15 rings (SSSR count). The van der Waals surface area contributed by atoms with E-state index < -0.39 is 64.3 Å².